The number of carbonyl (C=O) groups excluding carboxylic acids is 1. The Kier molecular flexibility index (Phi) is 4.24. The molecule has 1 aromatic carbocycles. The molecular weight excluding hydrogens is 242 g/mol. The Morgan fingerprint density at radius 2 is 1.94 bits per heavy atom. The monoisotopic (exact) mass is 253 g/mol. The van der Waals surface area contributed by atoms with Crippen molar-refractivity contribution in [1.82, 2.24) is 0 Å². The maximum absolute atomic E-state index is 11.8. The molecule has 5 nitrogen and oxygen atoms in total. The largest absolute Gasteiger partial charge is 0.469 e. The average molecular weight is 253 g/mol. The van der Waals surface area contributed by atoms with E-state index in [1.165, 1.54) is 31.4 Å². The van der Waals surface area contributed by atoms with E-state index >= 15 is 0 Å². The van der Waals surface area contributed by atoms with Gasteiger partial charge in [0, 0.05) is 0 Å². The highest BCUT2D eigenvalue weighted by Crippen LogP contribution is 2.13. The second kappa shape index (κ2) is 5.46. The first kappa shape index (κ1) is 13.2. The summed E-state index contributed by atoms with van der Waals surface area (Å²) in [6.45, 7) is 0. The molecule has 0 aliphatic rings. The number of hydrogen-bond acceptors (Lipinski definition) is 5. The van der Waals surface area contributed by atoms with Crippen molar-refractivity contribution in [1.29, 1.82) is 5.26 Å². The molecule has 6 heteroatoms. The van der Waals surface area contributed by atoms with Crippen molar-refractivity contribution in [3.8, 4) is 6.07 Å². The maximum Gasteiger partial charge on any atom is 0.306 e. The summed E-state index contributed by atoms with van der Waals surface area (Å²) in [4.78, 5) is 11.0. The second-order valence-electron chi connectivity index (χ2n) is 3.28. The van der Waals surface area contributed by atoms with E-state index in [0.717, 1.165) is 0 Å². The SMILES string of the molecule is COC(=O)CCS(=O)(=O)c1ccc(C#N)cc1. The van der Waals surface area contributed by atoms with Gasteiger partial charge in [-0.1, -0.05) is 0 Å². The first-order valence-electron chi connectivity index (χ1n) is 4.79. The van der Waals surface area contributed by atoms with Crippen molar-refractivity contribution in [2.45, 2.75) is 11.3 Å². The Bertz CT molecular complexity index is 540. The average Bonchev–Trinajstić information content (AvgIpc) is 2.36. The van der Waals surface area contributed by atoms with Gasteiger partial charge < -0.3 is 4.74 Å². The van der Waals surface area contributed by atoms with Gasteiger partial charge in [0.15, 0.2) is 9.84 Å². The molecule has 0 fully saturated rings. The fourth-order valence-corrected chi connectivity index (χ4v) is 2.40. The number of carbonyl (C=O) groups is 1. The van der Waals surface area contributed by atoms with Crippen LogP contribution in [-0.2, 0) is 19.4 Å². The molecule has 0 aliphatic carbocycles. The minimum Gasteiger partial charge on any atom is -0.469 e. The topological polar surface area (TPSA) is 84.2 Å². The third-order valence-corrected chi connectivity index (χ3v) is 3.88. The molecule has 0 aliphatic heterocycles. The van der Waals surface area contributed by atoms with Gasteiger partial charge in [0.1, 0.15) is 0 Å². The van der Waals surface area contributed by atoms with Gasteiger partial charge in [-0.25, -0.2) is 8.42 Å². The molecule has 0 heterocycles. The number of nitriles is 1. The summed E-state index contributed by atoms with van der Waals surface area (Å²) in [5.41, 5.74) is 0.386. The number of benzene rings is 1. The first-order chi connectivity index (χ1) is 7.99. The van der Waals surface area contributed by atoms with Crippen LogP contribution < -0.4 is 0 Å². The third-order valence-electron chi connectivity index (χ3n) is 2.15. The molecule has 1 rings (SSSR count). The lowest BCUT2D eigenvalue weighted by molar-refractivity contribution is -0.140. The Labute approximate surface area is 99.5 Å². The zero-order valence-electron chi connectivity index (χ0n) is 9.21. The molecule has 0 bridgehead atoms. The summed E-state index contributed by atoms with van der Waals surface area (Å²) in [5, 5.41) is 8.58. The van der Waals surface area contributed by atoms with Gasteiger partial charge in [-0.2, -0.15) is 5.26 Å². The Hall–Kier alpha value is -1.87. The number of nitrogens with zero attached hydrogens (tertiary/aromatic N) is 1. The number of hydrogen-bond donors (Lipinski definition) is 0. The van der Waals surface area contributed by atoms with Crippen LogP contribution in [0.15, 0.2) is 29.2 Å². The summed E-state index contributed by atoms with van der Waals surface area (Å²) >= 11 is 0. The lowest BCUT2D eigenvalue weighted by Gasteiger charge is -2.03. The normalized spacial score (nSPS) is 10.6. The molecule has 0 radical (unpaired) electrons. The number of esters is 1. The molecule has 0 N–H and O–H groups in total. The van der Waals surface area contributed by atoms with Gasteiger partial charge in [0.2, 0.25) is 0 Å². The van der Waals surface area contributed by atoms with E-state index in [2.05, 4.69) is 4.74 Å². The van der Waals surface area contributed by atoms with Gasteiger partial charge in [-0.05, 0) is 24.3 Å². The van der Waals surface area contributed by atoms with Gasteiger partial charge >= 0.3 is 5.97 Å². The summed E-state index contributed by atoms with van der Waals surface area (Å²) in [5.74, 6) is -0.867. The molecule has 0 aromatic heterocycles. The van der Waals surface area contributed by atoms with Crippen LogP contribution in [0.2, 0.25) is 0 Å². The van der Waals surface area contributed by atoms with Crippen molar-refractivity contribution in [3.05, 3.63) is 29.8 Å². The van der Waals surface area contributed by atoms with Crippen LogP contribution in [-0.4, -0.2) is 27.2 Å². The lowest BCUT2D eigenvalue weighted by Crippen LogP contribution is -2.12. The number of methoxy groups -OCH3 is 1. The third kappa shape index (κ3) is 3.57. The van der Waals surface area contributed by atoms with Crippen LogP contribution in [0.4, 0.5) is 0 Å². The summed E-state index contributed by atoms with van der Waals surface area (Å²) in [7, 11) is -2.30. The van der Waals surface area contributed by atoms with E-state index in [9.17, 15) is 13.2 Å². The fourth-order valence-electron chi connectivity index (χ4n) is 1.17. The highest BCUT2D eigenvalue weighted by Gasteiger charge is 2.16. The van der Waals surface area contributed by atoms with E-state index < -0.39 is 15.8 Å². The molecule has 1 aromatic rings. The Morgan fingerprint density at radius 1 is 1.35 bits per heavy atom. The molecule has 0 amide bonds. The minimum absolute atomic E-state index is 0.0976. The number of sulfone groups is 1. The predicted octanol–water partition coefficient (Wildman–Crippen LogP) is 0.895. The van der Waals surface area contributed by atoms with E-state index in [-0.39, 0.29) is 17.1 Å². The highest BCUT2D eigenvalue weighted by atomic mass is 32.2. The van der Waals surface area contributed by atoms with Gasteiger partial charge in [-0.3, -0.25) is 4.79 Å². The molecule has 90 valence electrons. The number of rotatable bonds is 4. The molecule has 0 unspecified atom stereocenters. The Morgan fingerprint density at radius 3 is 2.41 bits per heavy atom. The van der Waals surface area contributed by atoms with Crippen molar-refractivity contribution in [3.63, 3.8) is 0 Å². The molecule has 0 saturated heterocycles. The maximum atomic E-state index is 11.8. The zero-order chi connectivity index (χ0) is 12.9. The highest BCUT2D eigenvalue weighted by molar-refractivity contribution is 7.91. The molecular formula is C11H11NO4S. The number of ether oxygens (including phenoxy) is 1. The van der Waals surface area contributed by atoms with Gasteiger partial charge in [0.25, 0.3) is 0 Å². The Balaban J connectivity index is 2.83. The molecule has 0 saturated carbocycles. The zero-order valence-corrected chi connectivity index (χ0v) is 10.0. The second-order valence-corrected chi connectivity index (χ2v) is 5.39. The summed E-state index contributed by atoms with van der Waals surface area (Å²) in [6.07, 6.45) is -0.182. The molecule has 17 heavy (non-hydrogen) atoms. The molecule has 0 spiro atoms. The summed E-state index contributed by atoms with van der Waals surface area (Å²) < 4.78 is 27.9. The van der Waals surface area contributed by atoms with Crippen LogP contribution in [0.3, 0.4) is 0 Å². The van der Waals surface area contributed by atoms with Crippen LogP contribution in [0.1, 0.15) is 12.0 Å². The van der Waals surface area contributed by atoms with E-state index in [4.69, 9.17) is 5.26 Å². The van der Waals surface area contributed by atoms with Gasteiger partial charge in [-0.15, -0.1) is 0 Å². The van der Waals surface area contributed by atoms with Crippen molar-refractivity contribution in [2.24, 2.45) is 0 Å². The predicted molar refractivity (Wildman–Crippen MR) is 59.8 cm³/mol. The van der Waals surface area contributed by atoms with Gasteiger partial charge in [0.05, 0.1) is 35.8 Å². The van der Waals surface area contributed by atoms with E-state index in [1.807, 2.05) is 6.07 Å². The first-order valence-corrected chi connectivity index (χ1v) is 6.44. The van der Waals surface area contributed by atoms with Crippen LogP contribution in [0, 0.1) is 11.3 Å². The van der Waals surface area contributed by atoms with Crippen molar-refractivity contribution in [2.75, 3.05) is 12.9 Å². The van der Waals surface area contributed by atoms with Crippen molar-refractivity contribution >= 4 is 15.8 Å². The van der Waals surface area contributed by atoms with Crippen LogP contribution >= 0.6 is 0 Å². The fraction of sp³-hybridized carbons (Fsp3) is 0.273. The lowest BCUT2D eigenvalue weighted by atomic mass is 10.2. The quantitative estimate of drug-likeness (QED) is 0.744. The van der Waals surface area contributed by atoms with Crippen molar-refractivity contribution < 1.29 is 17.9 Å². The van der Waals surface area contributed by atoms with Crippen LogP contribution in [0.5, 0.6) is 0 Å². The van der Waals surface area contributed by atoms with E-state index in [0.29, 0.717) is 5.56 Å². The van der Waals surface area contributed by atoms with Crippen LogP contribution in [0.25, 0.3) is 0 Å². The minimum atomic E-state index is -3.50. The standard InChI is InChI=1S/C11H11NO4S/c1-16-11(13)6-7-17(14,15)10-4-2-9(8-12)3-5-10/h2-5H,6-7H2,1H3. The van der Waals surface area contributed by atoms with E-state index in [1.54, 1.807) is 0 Å². The molecule has 0 atom stereocenters. The summed E-state index contributed by atoms with van der Waals surface area (Å²) in [6, 6.07) is 7.44. The smallest absolute Gasteiger partial charge is 0.306 e.